The number of nitrogens with zero attached hydrogens (tertiary/aromatic N) is 5. The van der Waals surface area contributed by atoms with Crippen LogP contribution < -0.4 is 5.56 Å². The number of likely N-dealkylation sites (tertiary alicyclic amines) is 1. The molecule has 1 fully saturated rings. The fourth-order valence-corrected chi connectivity index (χ4v) is 4.50. The number of aromatic nitrogens is 4. The van der Waals surface area contributed by atoms with Gasteiger partial charge in [0.25, 0.3) is 11.5 Å². The van der Waals surface area contributed by atoms with E-state index in [-0.39, 0.29) is 17.5 Å². The Morgan fingerprint density at radius 3 is 2.81 bits per heavy atom. The maximum atomic E-state index is 13.0. The van der Waals surface area contributed by atoms with Crippen molar-refractivity contribution in [2.75, 3.05) is 13.1 Å². The van der Waals surface area contributed by atoms with Gasteiger partial charge in [-0.05, 0) is 36.6 Å². The van der Waals surface area contributed by atoms with Crippen LogP contribution in [0.2, 0.25) is 0 Å². The van der Waals surface area contributed by atoms with E-state index in [9.17, 15) is 9.59 Å². The highest BCUT2D eigenvalue weighted by Gasteiger charge is 2.33. The molecule has 0 aliphatic carbocycles. The highest BCUT2D eigenvalue weighted by Crippen LogP contribution is 2.31. The molecule has 0 aromatic carbocycles. The van der Waals surface area contributed by atoms with Crippen LogP contribution in [0.15, 0.2) is 53.8 Å². The molecule has 2 aliphatic heterocycles. The minimum atomic E-state index is -0.202. The third-order valence-corrected chi connectivity index (χ3v) is 6.05. The van der Waals surface area contributed by atoms with Gasteiger partial charge < -0.3 is 9.88 Å². The van der Waals surface area contributed by atoms with Crippen molar-refractivity contribution < 1.29 is 4.79 Å². The first-order valence-corrected chi connectivity index (χ1v) is 10.6. The Balaban J connectivity index is 1.37. The number of nitrogens with one attached hydrogen (secondary N) is 1. The Bertz CT molecular complexity index is 1130. The van der Waals surface area contributed by atoms with Crippen molar-refractivity contribution in [3.63, 3.8) is 0 Å². The fourth-order valence-electron chi connectivity index (χ4n) is 4.50. The molecule has 0 saturated carbocycles. The van der Waals surface area contributed by atoms with Gasteiger partial charge in [0.15, 0.2) is 0 Å². The van der Waals surface area contributed by atoms with Crippen LogP contribution in [0.3, 0.4) is 0 Å². The molecule has 0 radical (unpaired) electrons. The zero-order valence-corrected chi connectivity index (χ0v) is 17.2. The van der Waals surface area contributed by atoms with E-state index in [1.165, 1.54) is 0 Å². The average Bonchev–Trinajstić information content (AvgIpc) is 3.30. The number of rotatable bonds is 4. The molecule has 0 spiro atoms. The van der Waals surface area contributed by atoms with Gasteiger partial charge in [-0.3, -0.25) is 24.5 Å². The van der Waals surface area contributed by atoms with Gasteiger partial charge in [-0.25, -0.2) is 4.98 Å². The molecule has 1 saturated heterocycles. The van der Waals surface area contributed by atoms with Gasteiger partial charge in [-0.2, -0.15) is 0 Å². The summed E-state index contributed by atoms with van der Waals surface area (Å²) in [6.45, 7) is 2.82. The van der Waals surface area contributed by atoms with Gasteiger partial charge in [0.2, 0.25) is 0 Å². The van der Waals surface area contributed by atoms with E-state index in [4.69, 9.17) is 4.98 Å². The molecule has 5 heterocycles. The maximum Gasteiger partial charge on any atom is 0.255 e. The van der Waals surface area contributed by atoms with Crippen molar-refractivity contribution >= 4 is 5.91 Å². The molecule has 158 valence electrons. The Morgan fingerprint density at radius 1 is 1.13 bits per heavy atom. The first-order chi connectivity index (χ1) is 15.2. The van der Waals surface area contributed by atoms with Crippen LogP contribution in [0.25, 0.3) is 0 Å². The summed E-state index contributed by atoms with van der Waals surface area (Å²) < 4.78 is 0. The number of aromatic amines is 1. The smallest absolute Gasteiger partial charge is 0.255 e. The summed E-state index contributed by atoms with van der Waals surface area (Å²) in [5.74, 6) is 0.553. The predicted molar refractivity (Wildman–Crippen MR) is 114 cm³/mol. The van der Waals surface area contributed by atoms with Gasteiger partial charge in [-0.1, -0.05) is 6.07 Å². The summed E-state index contributed by atoms with van der Waals surface area (Å²) in [5.41, 5.74) is 3.21. The highest BCUT2D eigenvalue weighted by atomic mass is 16.2. The topological polar surface area (TPSA) is 95.1 Å². The first kappa shape index (κ1) is 19.6. The summed E-state index contributed by atoms with van der Waals surface area (Å²) in [4.78, 5) is 45.9. The molecule has 3 aromatic heterocycles. The molecule has 1 atom stereocenters. The summed E-state index contributed by atoms with van der Waals surface area (Å²) in [5, 5.41) is 0. The molecule has 2 aliphatic rings. The van der Waals surface area contributed by atoms with Crippen molar-refractivity contribution in [3.05, 3.63) is 87.6 Å². The molecule has 0 bridgehead atoms. The maximum absolute atomic E-state index is 13.0. The number of hydrogen-bond donors (Lipinski definition) is 1. The Morgan fingerprint density at radius 2 is 2.00 bits per heavy atom. The summed E-state index contributed by atoms with van der Waals surface area (Å²) in [6, 6.07) is 7.21. The quantitative estimate of drug-likeness (QED) is 0.700. The molecule has 3 aromatic rings. The van der Waals surface area contributed by atoms with Crippen molar-refractivity contribution in [1.82, 2.24) is 29.7 Å². The van der Waals surface area contributed by atoms with Gasteiger partial charge in [0, 0.05) is 63.0 Å². The molecule has 0 unspecified atom stereocenters. The van der Waals surface area contributed by atoms with Crippen LogP contribution in [0.1, 0.15) is 51.9 Å². The van der Waals surface area contributed by atoms with E-state index in [1.807, 2.05) is 23.2 Å². The lowest BCUT2D eigenvalue weighted by atomic mass is 10.1. The lowest BCUT2D eigenvalue weighted by Crippen LogP contribution is -2.37. The van der Waals surface area contributed by atoms with Gasteiger partial charge in [0.05, 0.1) is 17.3 Å². The highest BCUT2D eigenvalue weighted by molar-refractivity contribution is 5.94. The molecule has 8 nitrogen and oxygen atoms in total. The van der Waals surface area contributed by atoms with Crippen LogP contribution in [-0.4, -0.2) is 48.7 Å². The lowest BCUT2D eigenvalue weighted by Gasteiger charge is -2.29. The van der Waals surface area contributed by atoms with E-state index >= 15 is 0 Å². The van der Waals surface area contributed by atoms with Gasteiger partial charge in [0.1, 0.15) is 5.82 Å². The van der Waals surface area contributed by atoms with Crippen LogP contribution in [0.5, 0.6) is 0 Å². The number of pyridine rings is 2. The molecule has 1 amide bonds. The molecule has 8 heteroatoms. The zero-order valence-electron chi connectivity index (χ0n) is 17.2. The van der Waals surface area contributed by atoms with E-state index < -0.39 is 0 Å². The second kappa shape index (κ2) is 8.39. The molecule has 31 heavy (non-hydrogen) atoms. The van der Waals surface area contributed by atoms with Crippen molar-refractivity contribution in [1.29, 1.82) is 0 Å². The number of carbonyl (C=O) groups excluding carboxylic acids is 1. The number of H-pyrrole nitrogens is 1. The van der Waals surface area contributed by atoms with Crippen LogP contribution in [0, 0.1) is 0 Å². The molecular formula is C23H24N6O2. The Labute approximate surface area is 180 Å². The third kappa shape index (κ3) is 3.98. The normalized spacial score (nSPS) is 18.7. The fraction of sp³-hybridized carbons (Fsp3) is 0.348. The summed E-state index contributed by atoms with van der Waals surface area (Å²) in [7, 11) is 0. The minimum absolute atomic E-state index is 0.0482. The van der Waals surface area contributed by atoms with E-state index in [0.29, 0.717) is 24.5 Å². The number of hydrogen-bond acceptors (Lipinski definition) is 6. The lowest BCUT2D eigenvalue weighted by molar-refractivity contribution is 0.0729. The van der Waals surface area contributed by atoms with Crippen molar-refractivity contribution in [2.45, 2.75) is 38.4 Å². The van der Waals surface area contributed by atoms with Crippen molar-refractivity contribution in [2.24, 2.45) is 0 Å². The largest absolute Gasteiger partial charge is 0.328 e. The Kier molecular flexibility index (Phi) is 5.30. The standard InChI is InChI=1S/C23H24N6O2/c30-22-18-15-28(14-16-3-1-8-25-13-16)12-7-19(18)26-21(27-22)20-4-2-11-29(20)23(31)17-5-9-24-10-6-17/h1,3,5-6,8-10,13,20H,2,4,7,11-12,14-15H2,(H,26,27,30)/t20-/m1/s1. The average molecular weight is 416 g/mol. The van der Waals surface area contributed by atoms with Crippen LogP contribution in [0.4, 0.5) is 0 Å². The first-order valence-electron chi connectivity index (χ1n) is 10.6. The predicted octanol–water partition coefficient (Wildman–Crippen LogP) is 2.10. The Hall–Kier alpha value is -3.39. The number of amides is 1. The monoisotopic (exact) mass is 416 g/mol. The van der Waals surface area contributed by atoms with Gasteiger partial charge in [-0.15, -0.1) is 0 Å². The van der Waals surface area contributed by atoms with E-state index in [1.54, 1.807) is 30.7 Å². The van der Waals surface area contributed by atoms with Crippen LogP contribution in [-0.2, 0) is 19.5 Å². The summed E-state index contributed by atoms with van der Waals surface area (Å²) in [6.07, 6.45) is 9.26. The number of carbonyl (C=O) groups is 1. The van der Waals surface area contributed by atoms with Crippen molar-refractivity contribution in [3.8, 4) is 0 Å². The zero-order chi connectivity index (χ0) is 21.2. The molecular weight excluding hydrogens is 392 g/mol. The number of fused-ring (bicyclic) bond motifs is 1. The van der Waals surface area contributed by atoms with E-state index in [2.05, 4.69) is 19.9 Å². The second-order valence-electron chi connectivity index (χ2n) is 8.09. The van der Waals surface area contributed by atoms with Gasteiger partial charge >= 0.3 is 0 Å². The molecule has 5 rings (SSSR count). The molecule has 1 N–H and O–H groups in total. The van der Waals surface area contributed by atoms with E-state index in [0.717, 1.165) is 49.2 Å². The van der Waals surface area contributed by atoms with Crippen LogP contribution >= 0.6 is 0 Å². The minimum Gasteiger partial charge on any atom is -0.328 e. The third-order valence-electron chi connectivity index (χ3n) is 6.05. The summed E-state index contributed by atoms with van der Waals surface area (Å²) >= 11 is 0. The SMILES string of the molecule is O=C(c1ccncc1)N1CCC[C@@H]1c1nc2c(c(=O)[nH]1)CN(Cc1cccnc1)CC2. The second-order valence-corrected chi connectivity index (χ2v) is 8.09.